The first kappa shape index (κ1) is 29.5. The van der Waals surface area contributed by atoms with Crippen molar-refractivity contribution in [3.05, 3.63) is 101 Å². The first-order valence-corrected chi connectivity index (χ1v) is 16.1. The lowest BCUT2D eigenvalue weighted by Crippen LogP contribution is -2.33. The van der Waals surface area contributed by atoms with E-state index in [4.69, 9.17) is 4.74 Å². The van der Waals surface area contributed by atoms with Crippen molar-refractivity contribution in [2.75, 3.05) is 13.2 Å². The van der Waals surface area contributed by atoms with E-state index in [0.29, 0.717) is 54.1 Å². The minimum Gasteiger partial charge on any atom is -0.491 e. The molecular weight excluding hydrogens is 579 g/mol. The van der Waals surface area contributed by atoms with Crippen LogP contribution < -0.4 is 9.46 Å². The zero-order valence-corrected chi connectivity index (χ0v) is 25.5. The number of aromatic nitrogens is 2. The fraction of sp³-hybridized carbons (Fsp3) is 0.235. The molecule has 1 amide bonds. The van der Waals surface area contributed by atoms with Gasteiger partial charge in [-0.05, 0) is 85.5 Å². The maximum atomic E-state index is 13.8. The average molecular weight is 613 g/mol. The van der Waals surface area contributed by atoms with E-state index in [2.05, 4.69) is 14.7 Å². The van der Waals surface area contributed by atoms with Gasteiger partial charge in [-0.1, -0.05) is 37.3 Å². The van der Waals surface area contributed by atoms with Gasteiger partial charge in [0.2, 0.25) is 10.0 Å². The van der Waals surface area contributed by atoms with Crippen LogP contribution in [-0.2, 0) is 23.0 Å². The number of ether oxygens (including phenoxy) is 1. The molecule has 2 heterocycles. The van der Waals surface area contributed by atoms with E-state index < -0.39 is 10.0 Å². The van der Waals surface area contributed by atoms with Crippen LogP contribution in [-0.4, -0.2) is 48.4 Å². The normalized spacial score (nSPS) is 13.5. The van der Waals surface area contributed by atoms with Crippen molar-refractivity contribution in [3.63, 3.8) is 0 Å². The second-order valence-electron chi connectivity index (χ2n) is 11.2. The molecule has 226 valence electrons. The summed E-state index contributed by atoms with van der Waals surface area (Å²) in [6, 6.07) is 22.8. The number of sulfonamides is 1. The zero-order chi connectivity index (χ0) is 31.0. The highest BCUT2D eigenvalue weighted by molar-refractivity contribution is 7.89. The number of benzene rings is 4. The Labute approximate surface area is 256 Å². The number of hydrogen-bond acceptors (Lipinski definition) is 5. The number of halogens is 1. The molecule has 0 bridgehead atoms. The fourth-order valence-corrected chi connectivity index (χ4v) is 6.77. The number of carbonyl (C=O) groups is 1. The third-order valence-electron chi connectivity index (χ3n) is 7.65. The Hall–Kier alpha value is -4.54. The molecule has 1 aliphatic rings. The number of nitrogens with zero attached hydrogens (tertiary/aromatic N) is 2. The van der Waals surface area contributed by atoms with E-state index in [1.807, 2.05) is 49.4 Å². The molecule has 2 N–H and O–H groups in total. The van der Waals surface area contributed by atoms with E-state index in [-0.39, 0.29) is 22.7 Å². The second kappa shape index (κ2) is 11.9. The van der Waals surface area contributed by atoms with Gasteiger partial charge in [-0.15, -0.1) is 0 Å². The Morgan fingerprint density at radius 1 is 1.00 bits per heavy atom. The molecule has 0 radical (unpaired) electrons. The predicted octanol–water partition coefficient (Wildman–Crippen LogP) is 6.32. The smallest absolute Gasteiger partial charge is 0.254 e. The molecule has 0 aliphatic carbocycles. The number of rotatable bonds is 7. The lowest BCUT2D eigenvalue weighted by molar-refractivity contribution is 0.0732. The minimum atomic E-state index is -3.68. The van der Waals surface area contributed by atoms with Crippen LogP contribution in [0.25, 0.3) is 33.5 Å². The first-order chi connectivity index (χ1) is 21.1. The summed E-state index contributed by atoms with van der Waals surface area (Å²) in [5.74, 6) is 0.908. The van der Waals surface area contributed by atoms with Crippen molar-refractivity contribution in [3.8, 4) is 28.3 Å². The molecule has 44 heavy (non-hydrogen) atoms. The number of aryl methyl sites for hydroxylation is 1. The maximum Gasteiger partial charge on any atom is 0.254 e. The van der Waals surface area contributed by atoms with Gasteiger partial charge in [0.1, 0.15) is 24.0 Å². The Balaban J connectivity index is 1.24. The summed E-state index contributed by atoms with van der Waals surface area (Å²) in [5.41, 5.74) is 6.23. The van der Waals surface area contributed by atoms with Crippen molar-refractivity contribution < 1.29 is 22.3 Å². The maximum absolute atomic E-state index is 13.8. The highest BCUT2D eigenvalue weighted by Crippen LogP contribution is 2.32. The molecule has 4 aromatic carbocycles. The van der Waals surface area contributed by atoms with Crippen molar-refractivity contribution in [2.24, 2.45) is 0 Å². The second-order valence-corrected chi connectivity index (χ2v) is 12.9. The summed E-state index contributed by atoms with van der Waals surface area (Å²) >= 11 is 0. The fourth-order valence-electron chi connectivity index (χ4n) is 5.47. The number of imidazole rings is 1. The van der Waals surface area contributed by atoms with E-state index in [1.54, 1.807) is 36.9 Å². The summed E-state index contributed by atoms with van der Waals surface area (Å²) in [6.07, 6.45) is 0.512. The van der Waals surface area contributed by atoms with Crippen molar-refractivity contribution >= 4 is 27.0 Å². The van der Waals surface area contributed by atoms with Crippen LogP contribution in [0.3, 0.4) is 0 Å². The van der Waals surface area contributed by atoms with Crippen LogP contribution in [0.1, 0.15) is 42.3 Å². The third kappa shape index (κ3) is 5.95. The molecule has 1 aliphatic heterocycles. The first-order valence-electron chi connectivity index (χ1n) is 14.6. The van der Waals surface area contributed by atoms with Crippen LogP contribution in [0.2, 0.25) is 0 Å². The number of carbonyl (C=O) groups excluding carboxylic acids is 1. The van der Waals surface area contributed by atoms with Gasteiger partial charge in [-0.25, -0.2) is 22.5 Å². The summed E-state index contributed by atoms with van der Waals surface area (Å²) < 4.78 is 47.7. The quantitative estimate of drug-likeness (QED) is 0.224. The van der Waals surface area contributed by atoms with Crippen LogP contribution in [0.15, 0.2) is 83.8 Å². The average Bonchev–Trinajstić information content (AvgIpc) is 3.31. The zero-order valence-electron chi connectivity index (χ0n) is 24.7. The largest absolute Gasteiger partial charge is 0.491 e. The number of H-pyrrole nitrogens is 1. The van der Waals surface area contributed by atoms with Gasteiger partial charge in [0, 0.05) is 29.3 Å². The molecule has 5 aromatic rings. The molecule has 8 nitrogen and oxygen atoms in total. The molecule has 0 unspecified atom stereocenters. The van der Waals surface area contributed by atoms with E-state index in [9.17, 15) is 17.6 Å². The Morgan fingerprint density at radius 3 is 2.50 bits per heavy atom. The lowest BCUT2D eigenvalue weighted by atomic mass is 10.00. The summed E-state index contributed by atoms with van der Waals surface area (Å²) in [7, 11) is -3.68. The number of aromatic amines is 1. The summed E-state index contributed by atoms with van der Waals surface area (Å²) in [4.78, 5) is 23.4. The van der Waals surface area contributed by atoms with E-state index in [0.717, 1.165) is 28.0 Å². The summed E-state index contributed by atoms with van der Waals surface area (Å²) in [6.45, 7) is 6.54. The third-order valence-corrected chi connectivity index (χ3v) is 9.31. The van der Waals surface area contributed by atoms with Gasteiger partial charge in [0.15, 0.2) is 0 Å². The Kier molecular flexibility index (Phi) is 7.96. The monoisotopic (exact) mass is 612 g/mol. The molecule has 0 fully saturated rings. The van der Waals surface area contributed by atoms with Crippen LogP contribution in [0.5, 0.6) is 5.75 Å². The standard InChI is InChI=1S/C34H33FN4O4S/c1-4-22-18-28(44(41,42)38-21(2)3)11-12-29(22)34(40)39-15-16-43-32-14-9-25(17-26(32)20-39)23-5-7-24(8-6-23)33-36-30-13-10-27(35)19-31(30)37-33/h5-14,17-19,21,38H,4,15-16,20H2,1-3H3,(H,36,37). The topological polar surface area (TPSA) is 104 Å². The van der Waals surface area contributed by atoms with Gasteiger partial charge >= 0.3 is 0 Å². The van der Waals surface area contributed by atoms with Gasteiger partial charge in [0.25, 0.3) is 5.91 Å². The van der Waals surface area contributed by atoms with Gasteiger partial charge in [0.05, 0.1) is 22.5 Å². The van der Waals surface area contributed by atoms with E-state index in [1.165, 1.54) is 18.2 Å². The molecular formula is C34H33FN4O4S. The van der Waals surface area contributed by atoms with Crippen LogP contribution in [0, 0.1) is 5.82 Å². The molecule has 0 atom stereocenters. The van der Waals surface area contributed by atoms with Gasteiger partial charge < -0.3 is 14.6 Å². The van der Waals surface area contributed by atoms with E-state index >= 15 is 0 Å². The molecule has 0 saturated heterocycles. The van der Waals surface area contributed by atoms with Crippen LogP contribution in [0.4, 0.5) is 4.39 Å². The number of amides is 1. The highest BCUT2D eigenvalue weighted by atomic mass is 32.2. The van der Waals surface area contributed by atoms with Crippen molar-refractivity contribution in [2.45, 2.75) is 44.7 Å². The van der Waals surface area contributed by atoms with Gasteiger partial charge in [-0.3, -0.25) is 4.79 Å². The lowest BCUT2D eigenvalue weighted by Gasteiger charge is -2.22. The molecule has 6 rings (SSSR count). The number of fused-ring (bicyclic) bond motifs is 2. The van der Waals surface area contributed by atoms with Gasteiger partial charge in [-0.2, -0.15) is 0 Å². The van der Waals surface area contributed by atoms with Crippen LogP contribution >= 0.6 is 0 Å². The predicted molar refractivity (Wildman–Crippen MR) is 168 cm³/mol. The van der Waals surface area contributed by atoms with Crippen molar-refractivity contribution in [1.29, 1.82) is 0 Å². The molecule has 1 aromatic heterocycles. The van der Waals surface area contributed by atoms with Crippen molar-refractivity contribution in [1.82, 2.24) is 19.6 Å². The molecule has 0 saturated carbocycles. The Morgan fingerprint density at radius 2 is 1.75 bits per heavy atom. The highest BCUT2D eigenvalue weighted by Gasteiger charge is 2.25. The SMILES string of the molecule is CCc1cc(S(=O)(=O)NC(C)C)ccc1C(=O)N1CCOc2ccc(-c3ccc(-c4nc5ccc(F)cc5[nH]4)cc3)cc2C1. The number of nitrogens with one attached hydrogen (secondary N) is 2. The Bertz CT molecular complexity index is 1970. The molecule has 10 heteroatoms. The summed E-state index contributed by atoms with van der Waals surface area (Å²) in [5, 5.41) is 0. The molecule has 0 spiro atoms. The minimum absolute atomic E-state index is 0.147. The number of hydrogen-bond donors (Lipinski definition) is 2.